The van der Waals surface area contributed by atoms with Crippen molar-refractivity contribution in [1.29, 1.82) is 0 Å². The van der Waals surface area contributed by atoms with E-state index in [4.69, 9.17) is 0 Å². The first-order valence-electron chi connectivity index (χ1n) is 7.10. The molecule has 2 fully saturated rings. The van der Waals surface area contributed by atoms with Gasteiger partial charge in [-0.05, 0) is 37.8 Å². The quantitative estimate of drug-likeness (QED) is 0.716. The maximum atomic E-state index is 2.90. The fourth-order valence-electron chi connectivity index (χ4n) is 3.53. The SMILES string of the molecule is [Br-].c1ccc([P+]2(N3CCCCC3)CCCC2)cc1. The zero-order chi connectivity index (χ0) is 11.6. The summed E-state index contributed by atoms with van der Waals surface area (Å²) in [6, 6.07) is 11.4. The van der Waals surface area contributed by atoms with Gasteiger partial charge in [-0.1, -0.05) is 24.6 Å². The zero-order valence-corrected chi connectivity index (χ0v) is 13.5. The number of benzene rings is 1. The van der Waals surface area contributed by atoms with Crippen molar-refractivity contribution < 1.29 is 17.0 Å². The predicted molar refractivity (Wildman–Crippen MR) is 77.4 cm³/mol. The minimum absolute atomic E-state index is 0. The maximum Gasteiger partial charge on any atom is 0.115 e. The van der Waals surface area contributed by atoms with Gasteiger partial charge in [0.2, 0.25) is 0 Å². The third-order valence-corrected chi connectivity index (χ3v) is 9.27. The van der Waals surface area contributed by atoms with Crippen LogP contribution in [0.4, 0.5) is 0 Å². The molecule has 0 atom stereocenters. The highest BCUT2D eigenvalue weighted by atomic mass is 79.9. The molecule has 1 aromatic rings. The van der Waals surface area contributed by atoms with Gasteiger partial charge >= 0.3 is 0 Å². The van der Waals surface area contributed by atoms with Crippen molar-refractivity contribution >= 4 is 12.7 Å². The lowest BCUT2D eigenvalue weighted by Gasteiger charge is -2.36. The minimum atomic E-state index is -0.941. The number of halogens is 1. The number of rotatable bonds is 2. The van der Waals surface area contributed by atoms with Gasteiger partial charge in [-0.2, -0.15) is 4.67 Å². The molecule has 0 N–H and O–H groups in total. The Labute approximate surface area is 122 Å². The molecule has 3 heteroatoms. The lowest BCUT2D eigenvalue weighted by molar-refractivity contribution is -0.00000355. The fourth-order valence-corrected chi connectivity index (χ4v) is 8.43. The molecule has 2 aliphatic rings. The van der Waals surface area contributed by atoms with Gasteiger partial charge < -0.3 is 17.0 Å². The van der Waals surface area contributed by atoms with Crippen molar-refractivity contribution in [1.82, 2.24) is 4.67 Å². The lowest BCUT2D eigenvalue weighted by atomic mass is 10.2. The van der Waals surface area contributed by atoms with E-state index in [1.54, 1.807) is 5.30 Å². The summed E-state index contributed by atoms with van der Waals surface area (Å²) in [4.78, 5) is 0. The summed E-state index contributed by atoms with van der Waals surface area (Å²) in [7, 11) is -0.941. The molecule has 0 aromatic heterocycles. The molecule has 0 bridgehead atoms. The molecular formula is C15H23BrNP. The van der Waals surface area contributed by atoms with E-state index >= 15 is 0 Å². The van der Waals surface area contributed by atoms with Crippen LogP contribution in [0.3, 0.4) is 0 Å². The molecular weight excluding hydrogens is 305 g/mol. The van der Waals surface area contributed by atoms with Crippen molar-refractivity contribution in [2.24, 2.45) is 0 Å². The van der Waals surface area contributed by atoms with E-state index in [1.807, 2.05) is 0 Å². The van der Waals surface area contributed by atoms with Gasteiger partial charge in [-0.15, -0.1) is 0 Å². The molecule has 100 valence electrons. The van der Waals surface area contributed by atoms with Gasteiger partial charge in [0.15, 0.2) is 0 Å². The first kappa shape index (κ1) is 14.5. The highest BCUT2D eigenvalue weighted by Gasteiger charge is 2.49. The smallest absolute Gasteiger partial charge is 0.115 e. The molecule has 0 radical (unpaired) electrons. The van der Waals surface area contributed by atoms with E-state index in [9.17, 15) is 0 Å². The van der Waals surface area contributed by atoms with E-state index in [2.05, 4.69) is 35.0 Å². The normalized spacial score (nSPS) is 23.6. The summed E-state index contributed by atoms with van der Waals surface area (Å²) in [6.45, 7) is 2.73. The van der Waals surface area contributed by atoms with Crippen molar-refractivity contribution in [2.45, 2.75) is 32.1 Å². The second-order valence-electron chi connectivity index (χ2n) is 5.43. The molecule has 0 aliphatic carbocycles. The van der Waals surface area contributed by atoms with Crippen molar-refractivity contribution in [2.75, 3.05) is 25.4 Å². The zero-order valence-electron chi connectivity index (χ0n) is 11.0. The van der Waals surface area contributed by atoms with Crippen molar-refractivity contribution in [3.63, 3.8) is 0 Å². The summed E-state index contributed by atoms with van der Waals surface area (Å²) in [5, 5.41) is 1.68. The molecule has 0 spiro atoms. The second-order valence-corrected chi connectivity index (χ2v) is 9.25. The molecule has 2 heterocycles. The van der Waals surface area contributed by atoms with Crippen LogP contribution in [0.25, 0.3) is 0 Å². The third kappa shape index (κ3) is 2.66. The summed E-state index contributed by atoms with van der Waals surface area (Å²) in [5.41, 5.74) is 0. The number of hydrogen-bond donors (Lipinski definition) is 0. The molecule has 3 rings (SSSR count). The van der Waals surface area contributed by atoms with Crippen molar-refractivity contribution in [3.8, 4) is 0 Å². The van der Waals surface area contributed by atoms with Crippen LogP contribution in [-0.2, 0) is 0 Å². The molecule has 0 unspecified atom stereocenters. The molecule has 1 nitrogen and oxygen atoms in total. The van der Waals surface area contributed by atoms with Crippen LogP contribution in [-0.4, -0.2) is 30.1 Å². The Kier molecular flexibility index (Phi) is 5.24. The molecule has 0 saturated carbocycles. The van der Waals surface area contributed by atoms with Gasteiger partial charge in [0.25, 0.3) is 0 Å². The van der Waals surface area contributed by atoms with Crippen LogP contribution in [0.5, 0.6) is 0 Å². The molecule has 2 saturated heterocycles. The standard InChI is InChI=1S/C15H23NP.BrH/c1-3-9-15(10-4-1)17(13-7-8-14-17)16-11-5-2-6-12-16;/h1,3-4,9-10H,2,5-8,11-14H2;1H/q+1;/p-1. The van der Waals surface area contributed by atoms with Gasteiger partial charge in [-0.25, -0.2) is 0 Å². The van der Waals surface area contributed by atoms with E-state index in [0.29, 0.717) is 0 Å². The molecule has 1 aromatic carbocycles. The Morgan fingerprint density at radius 1 is 0.778 bits per heavy atom. The Bertz CT molecular complexity index is 356. The van der Waals surface area contributed by atoms with Crippen LogP contribution >= 0.6 is 7.41 Å². The van der Waals surface area contributed by atoms with Crippen LogP contribution in [0.1, 0.15) is 32.1 Å². The predicted octanol–water partition coefficient (Wildman–Crippen LogP) is 0.528. The molecule has 2 aliphatic heterocycles. The minimum Gasteiger partial charge on any atom is -1.00 e. The summed E-state index contributed by atoms with van der Waals surface area (Å²) in [5.74, 6) is 0. The summed E-state index contributed by atoms with van der Waals surface area (Å²) in [6.07, 6.45) is 10.2. The molecule has 18 heavy (non-hydrogen) atoms. The lowest BCUT2D eigenvalue weighted by Crippen LogP contribution is -3.00. The monoisotopic (exact) mass is 327 g/mol. The average molecular weight is 328 g/mol. The van der Waals surface area contributed by atoms with Gasteiger partial charge in [0.1, 0.15) is 12.7 Å². The van der Waals surface area contributed by atoms with Crippen LogP contribution in [0.15, 0.2) is 30.3 Å². The first-order valence-corrected chi connectivity index (χ1v) is 9.21. The highest BCUT2D eigenvalue weighted by Crippen LogP contribution is 2.65. The van der Waals surface area contributed by atoms with E-state index in [-0.39, 0.29) is 17.0 Å². The van der Waals surface area contributed by atoms with Crippen LogP contribution < -0.4 is 22.3 Å². The Morgan fingerprint density at radius 2 is 1.39 bits per heavy atom. The van der Waals surface area contributed by atoms with Gasteiger partial charge in [0.05, 0.1) is 12.3 Å². The second kappa shape index (κ2) is 6.50. The Morgan fingerprint density at radius 3 is 2.00 bits per heavy atom. The average Bonchev–Trinajstić information content (AvgIpc) is 2.91. The van der Waals surface area contributed by atoms with Crippen LogP contribution in [0, 0.1) is 0 Å². The Balaban J connectivity index is 0.00000120. The van der Waals surface area contributed by atoms with Crippen molar-refractivity contribution in [3.05, 3.63) is 30.3 Å². The van der Waals surface area contributed by atoms with Gasteiger partial charge in [-0.3, -0.25) is 0 Å². The first-order chi connectivity index (χ1) is 8.42. The number of piperidine rings is 1. The maximum absolute atomic E-state index is 2.90. The number of nitrogens with zero attached hydrogens (tertiary/aromatic N) is 1. The van der Waals surface area contributed by atoms with E-state index in [1.165, 1.54) is 57.5 Å². The third-order valence-electron chi connectivity index (χ3n) is 4.42. The van der Waals surface area contributed by atoms with E-state index < -0.39 is 7.41 Å². The molecule has 0 amide bonds. The topological polar surface area (TPSA) is 3.24 Å². The Hall–Kier alpha value is 0.0900. The summed E-state index contributed by atoms with van der Waals surface area (Å²) >= 11 is 0. The van der Waals surface area contributed by atoms with E-state index in [0.717, 1.165) is 0 Å². The fraction of sp³-hybridized carbons (Fsp3) is 0.600. The highest BCUT2D eigenvalue weighted by molar-refractivity contribution is 7.81. The van der Waals surface area contributed by atoms with Gasteiger partial charge in [0, 0.05) is 13.1 Å². The number of hydrogen-bond acceptors (Lipinski definition) is 1. The largest absolute Gasteiger partial charge is 1.00 e. The van der Waals surface area contributed by atoms with Crippen LogP contribution in [0.2, 0.25) is 0 Å². The summed E-state index contributed by atoms with van der Waals surface area (Å²) < 4.78 is 2.90.